The van der Waals surface area contributed by atoms with Crippen molar-refractivity contribution >= 4 is 16.6 Å². The summed E-state index contributed by atoms with van der Waals surface area (Å²) in [6.07, 6.45) is 8.31. The lowest BCUT2D eigenvalue weighted by Crippen LogP contribution is -2.48. The topological polar surface area (TPSA) is 61.4 Å². The Morgan fingerprint density at radius 3 is 2.82 bits per heavy atom. The predicted octanol–water partition coefficient (Wildman–Crippen LogP) is 5.07. The number of aliphatic hydroxyl groups is 1. The van der Waals surface area contributed by atoms with Crippen molar-refractivity contribution in [2.24, 2.45) is 11.8 Å². The molecule has 3 aliphatic carbocycles. The summed E-state index contributed by atoms with van der Waals surface area (Å²) >= 11 is 0. The number of imidazole rings is 1. The van der Waals surface area contributed by atoms with Crippen LogP contribution in [0.1, 0.15) is 43.5 Å². The zero-order valence-corrected chi connectivity index (χ0v) is 19.8. The molecule has 2 N–H and O–H groups in total. The Bertz CT molecular complexity index is 1100. The number of para-hydroxylation sites is 2. The lowest BCUT2D eigenvalue weighted by Gasteiger charge is -2.48. The van der Waals surface area contributed by atoms with Gasteiger partial charge in [-0.05, 0) is 87.0 Å². The largest absolute Gasteiger partial charge is 0.497 e. The van der Waals surface area contributed by atoms with E-state index in [0.29, 0.717) is 5.92 Å². The maximum Gasteiger partial charge on any atom is 0.119 e. The van der Waals surface area contributed by atoms with Gasteiger partial charge in [0.25, 0.3) is 0 Å². The van der Waals surface area contributed by atoms with Gasteiger partial charge in [-0.1, -0.05) is 30.3 Å². The number of nitrogens with one attached hydrogen (secondary N) is 1. The molecule has 0 spiro atoms. The third kappa shape index (κ3) is 4.71. The Hall–Kier alpha value is -2.63. The summed E-state index contributed by atoms with van der Waals surface area (Å²) in [5.74, 6) is 2.63. The molecule has 5 nitrogen and oxygen atoms in total. The van der Waals surface area contributed by atoms with Crippen molar-refractivity contribution in [3.63, 3.8) is 0 Å². The van der Waals surface area contributed by atoms with Crippen LogP contribution in [0.2, 0.25) is 0 Å². The van der Waals surface area contributed by atoms with E-state index >= 15 is 0 Å². The van der Waals surface area contributed by atoms with Gasteiger partial charge in [0.05, 0.1) is 23.7 Å². The number of methoxy groups -OCH3 is 1. The second kappa shape index (κ2) is 9.32. The van der Waals surface area contributed by atoms with Gasteiger partial charge in [-0.15, -0.1) is 0 Å². The van der Waals surface area contributed by atoms with Crippen molar-refractivity contribution < 1.29 is 9.84 Å². The number of allylic oxidation sites excluding steroid dienone is 1. The minimum atomic E-state index is -0.585. The molecule has 0 saturated heterocycles. The Morgan fingerprint density at radius 1 is 1.15 bits per heavy atom. The number of aryl methyl sites for hydroxylation is 1. The average Bonchev–Trinajstić information content (AvgIpc) is 3.26. The summed E-state index contributed by atoms with van der Waals surface area (Å²) < 4.78 is 5.42. The molecule has 6 rings (SSSR count). The van der Waals surface area contributed by atoms with Gasteiger partial charge in [0.1, 0.15) is 11.6 Å². The lowest BCUT2D eigenvalue weighted by molar-refractivity contribution is -0.0574. The first kappa shape index (κ1) is 22.2. The van der Waals surface area contributed by atoms with Crippen LogP contribution < -0.4 is 4.74 Å². The molecule has 5 heteroatoms. The Labute approximate surface area is 196 Å². The van der Waals surface area contributed by atoms with E-state index in [2.05, 4.69) is 52.3 Å². The molecule has 0 aliphatic heterocycles. The Balaban J connectivity index is 1.15. The van der Waals surface area contributed by atoms with Gasteiger partial charge in [-0.2, -0.15) is 0 Å². The Kier molecular flexibility index (Phi) is 6.26. The van der Waals surface area contributed by atoms with E-state index in [-0.39, 0.29) is 5.92 Å². The van der Waals surface area contributed by atoms with Gasteiger partial charge in [-0.25, -0.2) is 4.98 Å². The summed E-state index contributed by atoms with van der Waals surface area (Å²) in [5.41, 5.74) is 4.20. The maximum atomic E-state index is 11.5. The molecule has 0 unspecified atom stereocenters. The molecule has 1 heterocycles. The first-order valence-corrected chi connectivity index (χ1v) is 12.2. The third-order valence-corrected chi connectivity index (χ3v) is 7.66. The van der Waals surface area contributed by atoms with Crippen LogP contribution in [-0.4, -0.2) is 52.8 Å². The van der Waals surface area contributed by atoms with Crippen molar-refractivity contribution in [1.82, 2.24) is 14.9 Å². The van der Waals surface area contributed by atoms with Crippen LogP contribution in [0.25, 0.3) is 16.6 Å². The van der Waals surface area contributed by atoms with Crippen molar-refractivity contribution in [1.29, 1.82) is 0 Å². The monoisotopic (exact) mass is 445 g/mol. The molecule has 1 aromatic heterocycles. The van der Waals surface area contributed by atoms with Crippen molar-refractivity contribution in [2.45, 2.75) is 44.1 Å². The van der Waals surface area contributed by atoms with Crippen LogP contribution in [0.15, 0.2) is 54.6 Å². The lowest BCUT2D eigenvalue weighted by atomic mass is 9.61. The van der Waals surface area contributed by atoms with Crippen LogP contribution >= 0.6 is 0 Å². The summed E-state index contributed by atoms with van der Waals surface area (Å²) in [4.78, 5) is 10.5. The summed E-state index contributed by atoms with van der Waals surface area (Å²) in [5, 5.41) is 11.5. The molecule has 1 saturated carbocycles. The molecular formula is C28H35N3O2. The van der Waals surface area contributed by atoms with Crippen LogP contribution in [0.4, 0.5) is 0 Å². The highest BCUT2D eigenvalue weighted by Gasteiger charge is 2.46. The fraction of sp³-hybridized carbons (Fsp3) is 0.464. The van der Waals surface area contributed by atoms with E-state index in [1.807, 2.05) is 24.3 Å². The molecule has 3 aromatic rings. The minimum Gasteiger partial charge on any atom is -0.497 e. The van der Waals surface area contributed by atoms with Crippen molar-refractivity contribution in [3.05, 3.63) is 66.0 Å². The number of aromatic nitrogens is 2. The number of nitrogens with zero attached hydrogens (tertiary/aromatic N) is 2. The number of hydrogen-bond acceptors (Lipinski definition) is 4. The van der Waals surface area contributed by atoms with E-state index in [9.17, 15) is 5.11 Å². The number of ether oxygens (including phenoxy) is 1. The highest BCUT2D eigenvalue weighted by atomic mass is 16.5. The Morgan fingerprint density at radius 2 is 2.03 bits per heavy atom. The first-order valence-electron chi connectivity index (χ1n) is 12.2. The van der Waals surface area contributed by atoms with Gasteiger partial charge in [0.15, 0.2) is 0 Å². The van der Waals surface area contributed by atoms with E-state index in [1.54, 1.807) is 7.11 Å². The number of H-pyrrole nitrogens is 1. The number of rotatable bonds is 9. The molecule has 3 atom stereocenters. The number of hydrogen-bond donors (Lipinski definition) is 2. The second-order valence-electron chi connectivity index (χ2n) is 9.90. The van der Waals surface area contributed by atoms with Crippen molar-refractivity contribution in [2.75, 3.05) is 27.2 Å². The number of benzene rings is 2. The van der Waals surface area contributed by atoms with Gasteiger partial charge in [0.2, 0.25) is 0 Å². The first-order chi connectivity index (χ1) is 16.0. The normalized spacial score (nSPS) is 24.4. The van der Waals surface area contributed by atoms with Gasteiger partial charge in [0, 0.05) is 18.9 Å². The summed E-state index contributed by atoms with van der Waals surface area (Å²) in [6, 6.07) is 16.5. The van der Waals surface area contributed by atoms with Crippen LogP contribution in [-0.2, 0) is 6.42 Å². The standard InChI is InChI=1S/C28H35N3O2/c1-31(15-6-11-27-29-25-9-3-4-10-26(25)30-27)16-14-28(32)19-21-12-13-22(28)18-24(21)20-7-5-8-23(17-20)33-2/h3-5,7-10,17-18,21-22,32H,6,11-16,19H2,1-2H3,(H,29,30)/t21-,22-,28+/m1/s1. The molecule has 1 fully saturated rings. The summed E-state index contributed by atoms with van der Waals surface area (Å²) in [7, 11) is 3.88. The molecule has 2 aromatic carbocycles. The highest BCUT2D eigenvalue weighted by molar-refractivity contribution is 5.74. The van der Waals surface area contributed by atoms with Crippen LogP contribution in [0.3, 0.4) is 0 Å². The third-order valence-electron chi connectivity index (χ3n) is 7.66. The van der Waals surface area contributed by atoms with E-state index < -0.39 is 5.60 Å². The molecule has 2 bridgehead atoms. The fourth-order valence-corrected chi connectivity index (χ4v) is 5.75. The molecule has 174 valence electrons. The van der Waals surface area contributed by atoms with Crippen molar-refractivity contribution in [3.8, 4) is 5.75 Å². The fourth-order valence-electron chi connectivity index (χ4n) is 5.75. The SMILES string of the molecule is COc1cccc(C2=C[C@H]3CC[C@@H]2C[C@@]3(O)CCN(C)CCCc2nc3ccccc3[nH]2)c1. The second-order valence-corrected chi connectivity index (χ2v) is 9.90. The quantitative estimate of drug-likeness (QED) is 0.483. The zero-order valence-electron chi connectivity index (χ0n) is 19.8. The van der Waals surface area contributed by atoms with Gasteiger partial charge >= 0.3 is 0 Å². The summed E-state index contributed by atoms with van der Waals surface area (Å²) in [6.45, 7) is 1.92. The number of aromatic amines is 1. The molecule has 0 radical (unpaired) electrons. The van der Waals surface area contributed by atoms with Crippen LogP contribution in [0.5, 0.6) is 5.75 Å². The zero-order chi connectivity index (χ0) is 22.8. The highest BCUT2D eigenvalue weighted by Crippen LogP contribution is 2.51. The smallest absolute Gasteiger partial charge is 0.119 e. The van der Waals surface area contributed by atoms with Crippen LogP contribution in [0, 0.1) is 11.8 Å². The molecule has 33 heavy (non-hydrogen) atoms. The van der Waals surface area contributed by atoms with Gasteiger partial charge < -0.3 is 19.7 Å². The maximum absolute atomic E-state index is 11.5. The van der Waals surface area contributed by atoms with Gasteiger partial charge in [-0.3, -0.25) is 0 Å². The van der Waals surface area contributed by atoms with E-state index in [1.165, 1.54) is 17.6 Å². The van der Waals surface area contributed by atoms with E-state index in [0.717, 1.165) is 67.8 Å². The number of fused-ring (bicyclic) bond motifs is 3. The molecule has 3 aliphatic rings. The molecule has 0 amide bonds. The minimum absolute atomic E-state index is 0.243. The van der Waals surface area contributed by atoms with E-state index in [4.69, 9.17) is 4.74 Å². The molecular weight excluding hydrogens is 410 g/mol. The predicted molar refractivity (Wildman–Crippen MR) is 133 cm³/mol. The average molecular weight is 446 g/mol.